The van der Waals surface area contributed by atoms with E-state index in [2.05, 4.69) is 77.2 Å². The number of rotatable bonds is 8. The summed E-state index contributed by atoms with van der Waals surface area (Å²) in [4.78, 5) is 20.8. The van der Waals surface area contributed by atoms with E-state index in [1.165, 1.54) is 43.4 Å². The minimum atomic E-state index is -0.00609. The van der Waals surface area contributed by atoms with Gasteiger partial charge in [0.05, 0.1) is 30.8 Å². The van der Waals surface area contributed by atoms with Crippen LogP contribution in [0.3, 0.4) is 0 Å². The van der Waals surface area contributed by atoms with Crippen LogP contribution < -0.4 is 9.62 Å². The van der Waals surface area contributed by atoms with Gasteiger partial charge in [-0.1, -0.05) is 40.0 Å². The highest BCUT2D eigenvalue weighted by Gasteiger charge is 2.25. The standard InChI is InChI=1S/C31H43N5O2S/c1-31(2,3)30-33-27-20-25(12-15-28(27)36(30)21-23-8-6-5-7-9-23)34(4)39-26-13-10-24(11-14-26)32-29(37)22-35-16-18-38-19-17-35/h10-15,20,23H,5-9,16-19,21-22H2,1-4H3,(H,32,37). The fourth-order valence-corrected chi connectivity index (χ4v) is 6.47. The molecule has 1 aromatic heterocycles. The fraction of sp³-hybridized carbons (Fsp3) is 0.548. The minimum Gasteiger partial charge on any atom is -0.379 e. The van der Waals surface area contributed by atoms with Crippen molar-refractivity contribution in [3.05, 3.63) is 48.3 Å². The Balaban J connectivity index is 1.25. The lowest BCUT2D eigenvalue weighted by Gasteiger charge is -2.26. The van der Waals surface area contributed by atoms with Crippen LogP contribution >= 0.6 is 11.9 Å². The zero-order valence-electron chi connectivity index (χ0n) is 23.9. The number of hydrogen-bond acceptors (Lipinski definition) is 6. The molecule has 2 aliphatic rings. The van der Waals surface area contributed by atoms with Gasteiger partial charge in [-0.2, -0.15) is 0 Å². The van der Waals surface area contributed by atoms with E-state index in [1.54, 1.807) is 11.9 Å². The smallest absolute Gasteiger partial charge is 0.238 e. The maximum Gasteiger partial charge on any atom is 0.238 e. The molecule has 1 amide bonds. The van der Waals surface area contributed by atoms with E-state index in [-0.39, 0.29) is 11.3 Å². The molecule has 0 radical (unpaired) electrons. The maximum absolute atomic E-state index is 12.4. The van der Waals surface area contributed by atoms with E-state index in [0.717, 1.165) is 47.3 Å². The van der Waals surface area contributed by atoms with E-state index >= 15 is 0 Å². The molecule has 210 valence electrons. The van der Waals surface area contributed by atoms with Crippen LogP contribution in [0.5, 0.6) is 0 Å². The third-order valence-corrected chi connectivity index (χ3v) is 8.75. The number of amides is 1. The fourth-order valence-electron chi connectivity index (χ4n) is 5.67. The van der Waals surface area contributed by atoms with Crippen molar-refractivity contribution in [1.82, 2.24) is 14.5 Å². The number of fused-ring (bicyclic) bond motifs is 1. The number of ether oxygens (including phenoxy) is 1. The number of nitrogens with one attached hydrogen (secondary N) is 1. The molecule has 5 rings (SSSR count). The Bertz CT molecular complexity index is 1250. The number of benzene rings is 2. The van der Waals surface area contributed by atoms with Crippen LogP contribution in [0.15, 0.2) is 47.4 Å². The van der Waals surface area contributed by atoms with Crippen LogP contribution in [0.2, 0.25) is 0 Å². The molecule has 8 heteroatoms. The second-order valence-electron chi connectivity index (χ2n) is 12.0. The van der Waals surface area contributed by atoms with Crippen LogP contribution in [-0.4, -0.2) is 60.3 Å². The first-order chi connectivity index (χ1) is 18.8. The maximum atomic E-state index is 12.4. The summed E-state index contributed by atoms with van der Waals surface area (Å²) in [6.45, 7) is 11.3. The highest BCUT2D eigenvalue weighted by Crippen LogP contribution is 2.34. The first-order valence-corrected chi connectivity index (χ1v) is 15.2. The van der Waals surface area contributed by atoms with Crippen LogP contribution in [-0.2, 0) is 21.5 Å². The summed E-state index contributed by atoms with van der Waals surface area (Å²) in [6, 6.07) is 14.7. The zero-order valence-corrected chi connectivity index (χ0v) is 24.7. The first kappa shape index (κ1) is 28.0. The molecule has 2 aromatic carbocycles. The molecule has 0 bridgehead atoms. The van der Waals surface area contributed by atoms with Crippen LogP contribution in [0, 0.1) is 5.92 Å². The minimum absolute atomic E-state index is 0.00609. The average molecular weight is 550 g/mol. The average Bonchev–Trinajstić information content (AvgIpc) is 3.29. The van der Waals surface area contributed by atoms with E-state index < -0.39 is 0 Å². The van der Waals surface area contributed by atoms with E-state index in [1.807, 2.05) is 12.1 Å². The van der Waals surface area contributed by atoms with Gasteiger partial charge in [0.1, 0.15) is 5.82 Å². The lowest BCUT2D eigenvalue weighted by Crippen LogP contribution is -2.41. The van der Waals surface area contributed by atoms with Crippen molar-refractivity contribution in [3.8, 4) is 0 Å². The van der Waals surface area contributed by atoms with Gasteiger partial charge in [-0.25, -0.2) is 4.98 Å². The second-order valence-corrected chi connectivity index (χ2v) is 13.2. The summed E-state index contributed by atoms with van der Waals surface area (Å²) in [5.41, 5.74) is 4.25. The number of carbonyl (C=O) groups excluding carboxylic acids is 1. The van der Waals surface area contributed by atoms with Gasteiger partial charge in [-0.15, -0.1) is 0 Å². The van der Waals surface area contributed by atoms with Gasteiger partial charge in [0.25, 0.3) is 0 Å². The second kappa shape index (κ2) is 12.3. The monoisotopic (exact) mass is 549 g/mol. The van der Waals surface area contributed by atoms with Crippen LogP contribution in [0.1, 0.15) is 58.7 Å². The molecule has 1 aliphatic carbocycles. The molecule has 1 saturated carbocycles. The summed E-state index contributed by atoms with van der Waals surface area (Å²) in [7, 11) is 2.09. The van der Waals surface area contributed by atoms with Crippen LogP contribution in [0.4, 0.5) is 11.4 Å². The van der Waals surface area contributed by atoms with Crippen molar-refractivity contribution in [3.63, 3.8) is 0 Å². The Morgan fingerprint density at radius 2 is 1.79 bits per heavy atom. The highest BCUT2D eigenvalue weighted by molar-refractivity contribution is 8.00. The van der Waals surface area contributed by atoms with Gasteiger partial charge in [-0.3, -0.25) is 9.69 Å². The van der Waals surface area contributed by atoms with Crippen molar-refractivity contribution < 1.29 is 9.53 Å². The van der Waals surface area contributed by atoms with Gasteiger partial charge < -0.3 is 18.9 Å². The van der Waals surface area contributed by atoms with Crippen molar-refractivity contribution in [2.75, 3.05) is 49.5 Å². The quantitative estimate of drug-likeness (QED) is 0.332. The molecule has 0 spiro atoms. The SMILES string of the molecule is CN(Sc1ccc(NC(=O)CN2CCOCC2)cc1)c1ccc2c(c1)nc(C(C)(C)C)n2CC1CCCCC1. The molecule has 2 heterocycles. The normalized spacial score (nSPS) is 17.4. The molecular formula is C31H43N5O2S. The number of anilines is 2. The van der Waals surface area contributed by atoms with Gasteiger partial charge in [0.15, 0.2) is 0 Å². The molecule has 0 unspecified atom stereocenters. The molecule has 7 nitrogen and oxygen atoms in total. The van der Waals surface area contributed by atoms with E-state index in [0.29, 0.717) is 19.8 Å². The lowest BCUT2D eigenvalue weighted by atomic mass is 9.88. The Morgan fingerprint density at radius 1 is 1.08 bits per heavy atom. The van der Waals surface area contributed by atoms with Crippen LogP contribution in [0.25, 0.3) is 11.0 Å². The molecule has 1 saturated heterocycles. The van der Waals surface area contributed by atoms with Gasteiger partial charge in [-0.05, 0) is 73.2 Å². The molecule has 3 aromatic rings. The van der Waals surface area contributed by atoms with Crippen molar-refractivity contribution in [1.29, 1.82) is 0 Å². The third kappa shape index (κ3) is 7.16. The summed E-state index contributed by atoms with van der Waals surface area (Å²) in [5.74, 6) is 1.95. The first-order valence-electron chi connectivity index (χ1n) is 14.4. The van der Waals surface area contributed by atoms with Crippen molar-refractivity contribution in [2.45, 2.75) is 69.7 Å². The predicted octanol–water partition coefficient (Wildman–Crippen LogP) is 6.33. The number of carbonyl (C=O) groups is 1. The highest BCUT2D eigenvalue weighted by atomic mass is 32.2. The Hall–Kier alpha value is -2.55. The number of nitrogens with zero attached hydrogens (tertiary/aromatic N) is 4. The van der Waals surface area contributed by atoms with Crippen molar-refractivity contribution >= 4 is 40.3 Å². The molecule has 1 aliphatic heterocycles. The number of hydrogen-bond donors (Lipinski definition) is 1. The molecule has 2 fully saturated rings. The zero-order chi connectivity index (χ0) is 27.4. The van der Waals surface area contributed by atoms with E-state index in [9.17, 15) is 4.79 Å². The van der Waals surface area contributed by atoms with Gasteiger partial charge in [0.2, 0.25) is 5.91 Å². The predicted molar refractivity (Wildman–Crippen MR) is 162 cm³/mol. The van der Waals surface area contributed by atoms with Gasteiger partial charge >= 0.3 is 0 Å². The summed E-state index contributed by atoms with van der Waals surface area (Å²) >= 11 is 1.67. The molecular weight excluding hydrogens is 506 g/mol. The topological polar surface area (TPSA) is 62.6 Å². The summed E-state index contributed by atoms with van der Waals surface area (Å²) in [5, 5.41) is 3.02. The summed E-state index contributed by atoms with van der Waals surface area (Å²) in [6.07, 6.45) is 6.76. The molecule has 0 atom stereocenters. The number of aromatic nitrogens is 2. The molecule has 39 heavy (non-hydrogen) atoms. The van der Waals surface area contributed by atoms with Crippen molar-refractivity contribution in [2.24, 2.45) is 5.92 Å². The van der Waals surface area contributed by atoms with Gasteiger partial charge in [0, 0.05) is 48.4 Å². The summed E-state index contributed by atoms with van der Waals surface area (Å²) < 4.78 is 10.0. The third-order valence-electron chi connectivity index (χ3n) is 7.78. The largest absolute Gasteiger partial charge is 0.379 e. The number of imidazole rings is 1. The number of morpholine rings is 1. The lowest BCUT2D eigenvalue weighted by molar-refractivity contribution is -0.118. The van der Waals surface area contributed by atoms with E-state index in [4.69, 9.17) is 9.72 Å². The Morgan fingerprint density at radius 3 is 2.49 bits per heavy atom. The Labute approximate surface area is 237 Å². The Kier molecular flexibility index (Phi) is 8.84. The molecule has 1 N–H and O–H groups in total.